The van der Waals surface area contributed by atoms with Crippen LogP contribution in [0.4, 0.5) is 0 Å². The summed E-state index contributed by atoms with van der Waals surface area (Å²) in [5.41, 5.74) is 3.22. The van der Waals surface area contributed by atoms with Crippen LogP contribution in [0.2, 0.25) is 15.1 Å². The fraction of sp³-hybridized carbons (Fsp3) is 0.0741. The van der Waals surface area contributed by atoms with Crippen LogP contribution < -0.4 is 9.47 Å². The lowest BCUT2D eigenvalue weighted by atomic mass is 10.1. The molecule has 3 aromatic carbocycles. The molecule has 1 aromatic heterocycles. The van der Waals surface area contributed by atoms with Crippen molar-refractivity contribution in [1.82, 2.24) is 4.57 Å². The van der Waals surface area contributed by atoms with Crippen molar-refractivity contribution in [2.75, 3.05) is 7.11 Å². The van der Waals surface area contributed by atoms with E-state index in [1.165, 1.54) is 6.07 Å². The van der Waals surface area contributed by atoms with Crippen LogP contribution >= 0.6 is 34.8 Å². The molecule has 0 bridgehead atoms. The van der Waals surface area contributed by atoms with Gasteiger partial charge in [-0.2, -0.15) is 0 Å². The van der Waals surface area contributed by atoms with Crippen LogP contribution in [0.3, 0.4) is 0 Å². The van der Waals surface area contributed by atoms with Gasteiger partial charge in [0.15, 0.2) is 5.78 Å². The van der Waals surface area contributed by atoms with Crippen LogP contribution in [0.15, 0.2) is 85.2 Å². The summed E-state index contributed by atoms with van der Waals surface area (Å²) in [4.78, 5) is 12.7. The van der Waals surface area contributed by atoms with Gasteiger partial charge in [0.05, 0.1) is 22.2 Å². The Kier molecular flexibility index (Phi) is 7.63. The second kappa shape index (κ2) is 10.8. The first kappa shape index (κ1) is 24.0. The number of ether oxygens (including phenoxy) is 2. The molecule has 4 aromatic rings. The molecular formula is C27H20Cl3NO3. The molecule has 0 amide bonds. The zero-order valence-electron chi connectivity index (χ0n) is 18.2. The molecule has 0 N–H and O–H groups in total. The molecule has 4 nitrogen and oxygen atoms in total. The Bertz CT molecular complexity index is 1330. The third kappa shape index (κ3) is 5.65. The molecule has 34 heavy (non-hydrogen) atoms. The Morgan fingerprint density at radius 1 is 0.882 bits per heavy atom. The number of rotatable bonds is 8. The van der Waals surface area contributed by atoms with E-state index in [0.29, 0.717) is 32.1 Å². The minimum Gasteiger partial charge on any atom is -0.496 e. The van der Waals surface area contributed by atoms with Crippen molar-refractivity contribution in [1.29, 1.82) is 0 Å². The van der Waals surface area contributed by atoms with Gasteiger partial charge in [-0.3, -0.25) is 4.79 Å². The number of hydrogen-bond acceptors (Lipinski definition) is 3. The molecule has 0 atom stereocenters. The predicted molar refractivity (Wildman–Crippen MR) is 138 cm³/mol. The molecule has 0 aliphatic heterocycles. The van der Waals surface area contributed by atoms with Crippen LogP contribution in [-0.2, 0) is 6.61 Å². The average molecular weight is 513 g/mol. The third-order valence-electron chi connectivity index (χ3n) is 5.14. The van der Waals surface area contributed by atoms with Gasteiger partial charge in [0.25, 0.3) is 0 Å². The number of carbonyl (C=O) groups is 1. The van der Waals surface area contributed by atoms with Gasteiger partial charge in [-0.15, -0.1) is 0 Å². The maximum atomic E-state index is 12.7. The maximum absolute atomic E-state index is 12.7. The Morgan fingerprint density at radius 3 is 2.29 bits per heavy atom. The van der Waals surface area contributed by atoms with Gasteiger partial charge in [-0.05, 0) is 66.2 Å². The van der Waals surface area contributed by atoms with E-state index in [1.54, 1.807) is 25.3 Å². The summed E-state index contributed by atoms with van der Waals surface area (Å²) in [5, 5.41) is 1.06. The Balaban J connectivity index is 1.47. The first-order valence-electron chi connectivity index (χ1n) is 10.3. The van der Waals surface area contributed by atoms with Gasteiger partial charge in [-0.1, -0.05) is 46.9 Å². The van der Waals surface area contributed by atoms with E-state index in [9.17, 15) is 4.79 Å². The van der Waals surface area contributed by atoms with Gasteiger partial charge in [-0.25, -0.2) is 0 Å². The molecule has 4 rings (SSSR count). The SMILES string of the molecule is COc1ccc(/C=C/C(=O)c2ccc(-n3cccc3)cc2)cc1COc1cc(Cl)c(Cl)cc1Cl. The van der Waals surface area contributed by atoms with E-state index < -0.39 is 0 Å². The third-order valence-corrected chi connectivity index (χ3v) is 6.16. The lowest BCUT2D eigenvalue weighted by molar-refractivity contribution is 0.104. The average Bonchev–Trinajstić information content (AvgIpc) is 3.39. The van der Waals surface area contributed by atoms with Crippen molar-refractivity contribution in [3.63, 3.8) is 0 Å². The van der Waals surface area contributed by atoms with E-state index in [-0.39, 0.29) is 12.4 Å². The van der Waals surface area contributed by atoms with Crippen molar-refractivity contribution in [2.45, 2.75) is 6.61 Å². The fourth-order valence-electron chi connectivity index (χ4n) is 3.36. The second-order valence-corrected chi connectivity index (χ2v) is 8.61. The summed E-state index contributed by atoms with van der Waals surface area (Å²) in [5.74, 6) is 0.980. The second-order valence-electron chi connectivity index (χ2n) is 7.39. The monoisotopic (exact) mass is 511 g/mol. The Morgan fingerprint density at radius 2 is 1.59 bits per heavy atom. The number of carbonyl (C=O) groups excluding carboxylic acids is 1. The number of halogens is 3. The number of nitrogens with zero attached hydrogens (tertiary/aromatic N) is 1. The fourth-order valence-corrected chi connectivity index (χ4v) is 3.95. The summed E-state index contributed by atoms with van der Waals surface area (Å²) in [6.07, 6.45) is 7.22. The smallest absolute Gasteiger partial charge is 0.185 e. The topological polar surface area (TPSA) is 40.5 Å². The molecule has 0 fully saturated rings. The number of benzene rings is 3. The van der Waals surface area contributed by atoms with Crippen LogP contribution in [0.25, 0.3) is 11.8 Å². The summed E-state index contributed by atoms with van der Waals surface area (Å²) in [7, 11) is 1.58. The highest BCUT2D eigenvalue weighted by molar-refractivity contribution is 6.43. The van der Waals surface area contributed by atoms with E-state index in [0.717, 1.165) is 16.8 Å². The van der Waals surface area contributed by atoms with Gasteiger partial charge >= 0.3 is 0 Å². The minimum absolute atomic E-state index is 0.0877. The molecule has 1 heterocycles. The highest BCUT2D eigenvalue weighted by atomic mass is 35.5. The largest absolute Gasteiger partial charge is 0.496 e. The molecule has 0 saturated heterocycles. The first-order chi connectivity index (χ1) is 16.4. The van der Waals surface area contributed by atoms with Crippen LogP contribution in [0.5, 0.6) is 11.5 Å². The lowest BCUT2D eigenvalue weighted by Crippen LogP contribution is -2.00. The summed E-state index contributed by atoms with van der Waals surface area (Å²) in [6.45, 7) is 0.192. The number of ketones is 1. The molecule has 7 heteroatoms. The number of methoxy groups -OCH3 is 1. The highest BCUT2D eigenvalue weighted by Gasteiger charge is 2.10. The predicted octanol–water partition coefficient (Wildman–Crippen LogP) is 7.92. The van der Waals surface area contributed by atoms with E-state index in [4.69, 9.17) is 44.3 Å². The first-order valence-corrected chi connectivity index (χ1v) is 11.5. The van der Waals surface area contributed by atoms with E-state index >= 15 is 0 Å². The summed E-state index contributed by atoms with van der Waals surface area (Å²) >= 11 is 18.3. The van der Waals surface area contributed by atoms with Gasteiger partial charge in [0.1, 0.15) is 18.1 Å². The van der Waals surface area contributed by atoms with Gasteiger partial charge in [0, 0.05) is 35.3 Å². The molecule has 0 aliphatic carbocycles. The van der Waals surface area contributed by atoms with Gasteiger partial charge < -0.3 is 14.0 Å². The van der Waals surface area contributed by atoms with Crippen molar-refractivity contribution < 1.29 is 14.3 Å². The van der Waals surface area contributed by atoms with Crippen molar-refractivity contribution in [3.8, 4) is 17.2 Å². The van der Waals surface area contributed by atoms with Crippen LogP contribution in [-0.4, -0.2) is 17.5 Å². The lowest BCUT2D eigenvalue weighted by Gasteiger charge is -2.13. The molecule has 0 spiro atoms. The van der Waals surface area contributed by atoms with Gasteiger partial charge in [0.2, 0.25) is 0 Å². The zero-order valence-corrected chi connectivity index (χ0v) is 20.4. The maximum Gasteiger partial charge on any atom is 0.185 e. The van der Waals surface area contributed by atoms with Crippen molar-refractivity contribution in [2.24, 2.45) is 0 Å². The highest BCUT2D eigenvalue weighted by Crippen LogP contribution is 2.35. The van der Waals surface area contributed by atoms with Crippen molar-refractivity contribution >= 4 is 46.7 Å². The molecule has 0 radical (unpaired) electrons. The molecule has 0 unspecified atom stereocenters. The summed E-state index contributed by atoms with van der Waals surface area (Å²) in [6, 6.07) is 20.1. The standard InChI is InChI=1S/C27H20Cl3NO3/c1-33-26-11-5-18(14-20(26)17-34-27-16-23(29)22(28)15-24(27)30)4-10-25(32)19-6-8-21(9-7-19)31-12-2-3-13-31/h2-16H,17H2,1H3/b10-4+. The molecule has 0 aliphatic rings. The molecule has 0 saturated carbocycles. The minimum atomic E-state index is -0.0877. The van der Waals surface area contributed by atoms with Crippen LogP contribution in [0.1, 0.15) is 21.5 Å². The quantitative estimate of drug-likeness (QED) is 0.137. The number of allylic oxidation sites excluding steroid dienone is 1. The Hall–Kier alpha value is -3.18. The molecular weight excluding hydrogens is 493 g/mol. The van der Waals surface area contributed by atoms with Crippen LogP contribution in [0, 0.1) is 0 Å². The van der Waals surface area contributed by atoms with E-state index in [2.05, 4.69) is 0 Å². The zero-order chi connectivity index (χ0) is 24.1. The normalized spacial score (nSPS) is 11.1. The summed E-state index contributed by atoms with van der Waals surface area (Å²) < 4.78 is 13.3. The Labute approximate surface area is 212 Å². The molecule has 172 valence electrons. The van der Waals surface area contributed by atoms with E-state index in [1.807, 2.05) is 71.6 Å². The number of aromatic nitrogens is 1. The number of hydrogen-bond donors (Lipinski definition) is 0. The van der Waals surface area contributed by atoms with Crippen molar-refractivity contribution in [3.05, 3.63) is 117 Å².